The Balaban J connectivity index is 1.79. The molecule has 0 spiro atoms. The Morgan fingerprint density at radius 1 is 1.18 bits per heavy atom. The zero-order valence-electron chi connectivity index (χ0n) is 14.3. The molecule has 3 aromatic rings. The van der Waals surface area contributed by atoms with Crippen LogP contribution in [0.25, 0.3) is 0 Å². The fourth-order valence-electron chi connectivity index (χ4n) is 2.29. The van der Waals surface area contributed by atoms with Gasteiger partial charge in [0.25, 0.3) is 5.91 Å². The van der Waals surface area contributed by atoms with Gasteiger partial charge in [-0.2, -0.15) is 8.42 Å². The number of halogens is 2. The highest BCUT2D eigenvalue weighted by Crippen LogP contribution is 2.36. The molecule has 0 aliphatic heterocycles. The maximum absolute atomic E-state index is 12.6. The van der Waals surface area contributed by atoms with Crippen LogP contribution in [0.2, 0.25) is 5.02 Å². The molecule has 1 N–H and O–H groups in total. The first-order chi connectivity index (χ1) is 13.3. The second kappa shape index (κ2) is 8.26. The SMILES string of the molecule is COc1c(Br)cc(Cl)cc1S(=O)(=O)Oc1ccc(NC(=O)c2ccco2)cc1. The van der Waals surface area contributed by atoms with Crippen LogP contribution in [0, 0.1) is 0 Å². The summed E-state index contributed by atoms with van der Waals surface area (Å²) in [7, 11) is -2.88. The maximum atomic E-state index is 12.6. The molecule has 0 aliphatic rings. The van der Waals surface area contributed by atoms with Crippen LogP contribution in [0.3, 0.4) is 0 Å². The van der Waals surface area contributed by atoms with Crippen molar-refractivity contribution in [2.45, 2.75) is 4.90 Å². The molecule has 0 unspecified atom stereocenters. The average Bonchev–Trinajstić information content (AvgIpc) is 3.17. The standard InChI is InChI=1S/C18H13BrClNO6S/c1-25-17-14(19)9-11(20)10-16(17)28(23,24)27-13-6-4-12(5-7-13)21-18(22)15-3-2-8-26-15/h2-10H,1H3,(H,21,22). The normalized spacial score (nSPS) is 11.1. The first kappa shape index (κ1) is 20.2. The van der Waals surface area contributed by atoms with Gasteiger partial charge in [-0.25, -0.2) is 0 Å². The van der Waals surface area contributed by atoms with Crippen LogP contribution in [0.15, 0.2) is 68.6 Å². The van der Waals surface area contributed by atoms with Crippen LogP contribution in [0.4, 0.5) is 5.69 Å². The molecule has 7 nitrogen and oxygen atoms in total. The fraction of sp³-hybridized carbons (Fsp3) is 0.0556. The van der Waals surface area contributed by atoms with Gasteiger partial charge in [0.2, 0.25) is 0 Å². The van der Waals surface area contributed by atoms with Crippen LogP contribution in [-0.2, 0) is 10.1 Å². The summed E-state index contributed by atoms with van der Waals surface area (Å²) in [5.74, 6) is -0.151. The molecule has 0 fully saturated rings. The van der Waals surface area contributed by atoms with Gasteiger partial charge in [-0.1, -0.05) is 11.6 Å². The maximum Gasteiger partial charge on any atom is 0.343 e. The summed E-state index contributed by atoms with van der Waals surface area (Å²) in [5, 5.41) is 2.82. The first-order valence-corrected chi connectivity index (χ1v) is 10.3. The highest BCUT2D eigenvalue weighted by molar-refractivity contribution is 9.10. The van der Waals surface area contributed by atoms with Crippen LogP contribution in [0.1, 0.15) is 10.6 Å². The van der Waals surface area contributed by atoms with Crippen molar-refractivity contribution in [3.05, 3.63) is 70.0 Å². The summed E-state index contributed by atoms with van der Waals surface area (Å²) < 4.78 is 40.9. The van der Waals surface area contributed by atoms with E-state index in [0.717, 1.165) is 0 Å². The zero-order chi connectivity index (χ0) is 20.3. The van der Waals surface area contributed by atoms with E-state index in [1.165, 1.54) is 55.8 Å². The van der Waals surface area contributed by atoms with Crippen LogP contribution < -0.4 is 14.2 Å². The van der Waals surface area contributed by atoms with Gasteiger partial charge in [0.05, 0.1) is 17.8 Å². The topological polar surface area (TPSA) is 94.8 Å². The monoisotopic (exact) mass is 485 g/mol. The Morgan fingerprint density at radius 2 is 1.89 bits per heavy atom. The van der Waals surface area contributed by atoms with Gasteiger partial charge in [0.1, 0.15) is 5.75 Å². The van der Waals surface area contributed by atoms with Crippen molar-refractivity contribution in [3.63, 3.8) is 0 Å². The Labute approximate surface area is 174 Å². The van der Waals surface area contributed by atoms with Crippen molar-refractivity contribution >= 4 is 49.2 Å². The molecule has 0 bridgehead atoms. The third-order valence-electron chi connectivity index (χ3n) is 3.51. The third-order valence-corrected chi connectivity index (χ3v) is 5.57. The van der Waals surface area contributed by atoms with E-state index in [-0.39, 0.29) is 27.2 Å². The number of amides is 1. The molecule has 1 amide bonds. The van der Waals surface area contributed by atoms with E-state index in [4.69, 9.17) is 24.9 Å². The van der Waals surface area contributed by atoms with E-state index < -0.39 is 16.0 Å². The molecule has 28 heavy (non-hydrogen) atoms. The summed E-state index contributed by atoms with van der Waals surface area (Å²) in [6.07, 6.45) is 1.39. The minimum atomic E-state index is -4.21. The van der Waals surface area contributed by atoms with Gasteiger partial charge in [0.15, 0.2) is 16.4 Å². The Kier molecular flexibility index (Phi) is 5.97. The number of carbonyl (C=O) groups excluding carboxylic acids is 1. The third kappa shape index (κ3) is 4.49. The summed E-state index contributed by atoms with van der Waals surface area (Å²) in [6.45, 7) is 0. The van der Waals surface area contributed by atoms with Crippen molar-refractivity contribution < 1.29 is 26.5 Å². The molecule has 2 aromatic carbocycles. The van der Waals surface area contributed by atoms with Crippen LogP contribution in [-0.4, -0.2) is 21.4 Å². The average molecular weight is 487 g/mol. The van der Waals surface area contributed by atoms with E-state index in [1.54, 1.807) is 6.07 Å². The molecule has 0 radical (unpaired) electrons. The summed E-state index contributed by atoms with van der Waals surface area (Å²) >= 11 is 9.15. The predicted octanol–water partition coefficient (Wildman–Crippen LogP) is 4.72. The molecule has 1 heterocycles. The lowest BCUT2D eigenvalue weighted by atomic mass is 10.3. The van der Waals surface area contributed by atoms with Gasteiger partial charge < -0.3 is 18.7 Å². The number of hydrogen-bond donors (Lipinski definition) is 1. The molecule has 0 saturated heterocycles. The summed E-state index contributed by atoms with van der Waals surface area (Å²) in [6, 6.07) is 11.7. The van der Waals surface area contributed by atoms with Gasteiger partial charge in [-0.3, -0.25) is 4.79 Å². The van der Waals surface area contributed by atoms with E-state index in [9.17, 15) is 13.2 Å². The Hall–Kier alpha value is -2.49. The van der Waals surface area contributed by atoms with Gasteiger partial charge in [0, 0.05) is 10.7 Å². The smallest absolute Gasteiger partial charge is 0.343 e. The molecule has 0 atom stereocenters. The van der Waals surface area contributed by atoms with E-state index in [1.807, 2.05) is 0 Å². The lowest BCUT2D eigenvalue weighted by molar-refractivity contribution is 0.0996. The highest BCUT2D eigenvalue weighted by Gasteiger charge is 2.25. The molecule has 1 aromatic heterocycles. The molecule has 10 heteroatoms. The predicted molar refractivity (Wildman–Crippen MR) is 107 cm³/mol. The lowest BCUT2D eigenvalue weighted by Crippen LogP contribution is -2.12. The van der Waals surface area contributed by atoms with Gasteiger partial charge in [-0.15, -0.1) is 0 Å². The van der Waals surface area contributed by atoms with E-state index >= 15 is 0 Å². The van der Waals surface area contributed by atoms with E-state index in [2.05, 4.69) is 21.2 Å². The second-order valence-corrected chi connectivity index (χ2v) is 8.22. The molecular weight excluding hydrogens is 474 g/mol. The lowest BCUT2D eigenvalue weighted by Gasteiger charge is -2.13. The van der Waals surface area contributed by atoms with Gasteiger partial charge in [-0.05, 0) is 64.5 Å². The number of furan rings is 1. The van der Waals surface area contributed by atoms with Crippen molar-refractivity contribution in [3.8, 4) is 11.5 Å². The fourth-order valence-corrected chi connectivity index (χ4v) is 4.60. The Bertz CT molecular complexity index is 1100. The highest BCUT2D eigenvalue weighted by atomic mass is 79.9. The molecular formula is C18H13BrClNO6S. The van der Waals surface area contributed by atoms with Crippen LogP contribution >= 0.6 is 27.5 Å². The largest absolute Gasteiger partial charge is 0.494 e. The second-order valence-electron chi connectivity index (χ2n) is 5.41. The van der Waals surface area contributed by atoms with Crippen LogP contribution in [0.5, 0.6) is 11.5 Å². The number of benzene rings is 2. The summed E-state index contributed by atoms with van der Waals surface area (Å²) in [5.41, 5.74) is 0.439. The number of ether oxygens (including phenoxy) is 1. The molecule has 146 valence electrons. The Morgan fingerprint density at radius 3 is 2.50 bits per heavy atom. The van der Waals surface area contributed by atoms with Crippen molar-refractivity contribution in [2.75, 3.05) is 12.4 Å². The van der Waals surface area contributed by atoms with Crippen molar-refractivity contribution in [2.24, 2.45) is 0 Å². The summed E-state index contributed by atoms with van der Waals surface area (Å²) in [4.78, 5) is 11.7. The number of anilines is 1. The molecule has 0 aliphatic carbocycles. The van der Waals surface area contributed by atoms with Gasteiger partial charge >= 0.3 is 10.1 Å². The number of carbonyl (C=O) groups is 1. The number of hydrogen-bond acceptors (Lipinski definition) is 6. The molecule has 0 saturated carbocycles. The number of methoxy groups -OCH3 is 1. The minimum Gasteiger partial charge on any atom is -0.494 e. The number of rotatable bonds is 6. The quantitative estimate of drug-likeness (QED) is 0.506. The zero-order valence-corrected chi connectivity index (χ0v) is 17.5. The first-order valence-electron chi connectivity index (χ1n) is 7.72. The van der Waals surface area contributed by atoms with E-state index in [0.29, 0.717) is 10.2 Å². The molecule has 3 rings (SSSR count). The van der Waals surface area contributed by atoms with Crippen molar-refractivity contribution in [1.82, 2.24) is 0 Å². The number of nitrogens with one attached hydrogen (secondary N) is 1. The van der Waals surface area contributed by atoms with Crippen molar-refractivity contribution in [1.29, 1.82) is 0 Å². The minimum absolute atomic E-state index is 0.0501.